The van der Waals surface area contributed by atoms with Gasteiger partial charge in [-0.3, -0.25) is 9.13 Å². The molecular weight excluding hydrogens is 274 g/mol. The molecule has 0 aliphatic carbocycles. The van der Waals surface area contributed by atoms with E-state index >= 15 is 0 Å². The first-order chi connectivity index (χ1) is 10.8. The predicted molar refractivity (Wildman–Crippen MR) is 93.5 cm³/mol. The number of aromatic nitrogens is 2. The maximum atomic E-state index is 12.7. The van der Waals surface area contributed by atoms with Gasteiger partial charge in [-0.05, 0) is 45.0 Å². The first-order valence-electron chi connectivity index (χ1n) is 8.62. The van der Waals surface area contributed by atoms with Crippen molar-refractivity contribution >= 4 is 11.0 Å². The zero-order valence-corrected chi connectivity index (χ0v) is 14.0. The van der Waals surface area contributed by atoms with Gasteiger partial charge in [0.25, 0.3) is 0 Å². The molecule has 0 unspecified atom stereocenters. The fourth-order valence-electron chi connectivity index (χ4n) is 2.95. The van der Waals surface area contributed by atoms with Crippen molar-refractivity contribution in [3.63, 3.8) is 0 Å². The highest BCUT2D eigenvalue weighted by molar-refractivity contribution is 5.75. The van der Waals surface area contributed by atoms with Gasteiger partial charge in [0.15, 0.2) is 0 Å². The van der Waals surface area contributed by atoms with Crippen LogP contribution in [0.3, 0.4) is 0 Å². The third-order valence-corrected chi connectivity index (χ3v) is 4.22. The number of imidazole rings is 1. The largest absolute Gasteiger partial charge is 0.329 e. The van der Waals surface area contributed by atoms with Gasteiger partial charge in [-0.2, -0.15) is 0 Å². The Morgan fingerprint density at radius 2 is 1.50 bits per heavy atom. The monoisotopic (exact) mass is 303 g/mol. The molecule has 122 valence electrons. The van der Waals surface area contributed by atoms with Crippen LogP contribution in [0.1, 0.15) is 45.4 Å². The van der Waals surface area contributed by atoms with Crippen LogP contribution in [0.4, 0.5) is 0 Å². The van der Waals surface area contributed by atoms with Gasteiger partial charge < -0.3 is 5.32 Å². The number of nitrogens with one attached hydrogen (secondary N) is 1. The summed E-state index contributed by atoms with van der Waals surface area (Å²) in [6.07, 6.45) is 6.86. The van der Waals surface area contributed by atoms with Crippen molar-refractivity contribution < 1.29 is 0 Å². The maximum absolute atomic E-state index is 12.7. The van der Waals surface area contributed by atoms with Crippen molar-refractivity contribution in [3.05, 3.63) is 34.7 Å². The van der Waals surface area contributed by atoms with Crippen LogP contribution >= 0.6 is 0 Å². The van der Waals surface area contributed by atoms with E-state index in [0.29, 0.717) is 0 Å². The standard InChI is InChI=1S/C18H29N3O/c1-3-4-14-20-16-11-7-8-12-17(16)21(18(20)22)15-10-6-5-9-13-19-2/h7-8,11-12,19H,3-6,9-10,13-15H2,1-2H3. The number of unbranched alkanes of at least 4 members (excludes halogenated alkanes) is 4. The Kier molecular flexibility index (Phi) is 6.72. The molecule has 0 radical (unpaired) electrons. The third kappa shape index (κ3) is 4.01. The molecule has 22 heavy (non-hydrogen) atoms. The summed E-state index contributed by atoms with van der Waals surface area (Å²) in [4.78, 5) is 12.7. The Morgan fingerprint density at radius 1 is 0.909 bits per heavy atom. The Labute approximate surface area is 133 Å². The van der Waals surface area contributed by atoms with Gasteiger partial charge in [-0.1, -0.05) is 38.3 Å². The van der Waals surface area contributed by atoms with Gasteiger partial charge in [-0.25, -0.2) is 4.79 Å². The third-order valence-electron chi connectivity index (χ3n) is 4.22. The Morgan fingerprint density at radius 3 is 2.09 bits per heavy atom. The highest BCUT2D eigenvalue weighted by Crippen LogP contribution is 2.14. The Balaban J connectivity index is 2.08. The lowest BCUT2D eigenvalue weighted by molar-refractivity contribution is 0.543. The SMILES string of the molecule is CCCCn1c(=O)n(CCCCCCNC)c2ccccc21. The van der Waals surface area contributed by atoms with Crippen molar-refractivity contribution in [2.24, 2.45) is 0 Å². The summed E-state index contributed by atoms with van der Waals surface area (Å²) in [5.74, 6) is 0. The van der Waals surface area contributed by atoms with Crippen LogP contribution in [-0.4, -0.2) is 22.7 Å². The van der Waals surface area contributed by atoms with Crippen molar-refractivity contribution in [1.82, 2.24) is 14.5 Å². The number of hydrogen-bond acceptors (Lipinski definition) is 2. The molecule has 4 nitrogen and oxygen atoms in total. The second-order valence-electron chi connectivity index (χ2n) is 5.95. The van der Waals surface area contributed by atoms with Gasteiger partial charge in [0, 0.05) is 13.1 Å². The minimum absolute atomic E-state index is 0.157. The van der Waals surface area contributed by atoms with E-state index in [4.69, 9.17) is 0 Å². The molecule has 0 spiro atoms. The van der Waals surface area contributed by atoms with Crippen molar-refractivity contribution in [3.8, 4) is 0 Å². The van der Waals surface area contributed by atoms with Crippen molar-refractivity contribution in [1.29, 1.82) is 0 Å². The lowest BCUT2D eigenvalue weighted by Gasteiger charge is -2.04. The molecule has 0 fully saturated rings. The van der Waals surface area contributed by atoms with Crippen LogP contribution in [0.2, 0.25) is 0 Å². The normalized spacial score (nSPS) is 11.4. The van der Waals surface area contributed by atoms with E-state index in [0.717, 1.165) is 49.9 Å². The quantitative estimate of drug-likeness (QED) is 0.683. The van der Waals surface area contributed by atoms with Crippen LogP contribution in [0.25, 0.3) is 11.0 Å². The second-order valence-corrected chi connectivity index (χ2v) is 5.95. The molecule has 4 heteroatoms. The molecule has 0 amide bonds. The fraction of sp³-hybridized carbons (Fsp3) is 0.611. The molecule has 0 atom stereocenters. The van der Waals surface area contributed by atoms with Gasteiger partial charge in [0.05, 0.1) is 11.0 Å². The summed E-state index contributed by atoms with van der Waals surface area (Å²) in [6.45, 7) is 4.90. The van der Waals surface area contributed by atoms with Crippen LogP contribution < -0.4 is 11.0 Å². The predicted octanol–water partition coefficient (Wildman–Crippen LogP) is 3.38. The summed E-state index contributed by atoms with van der Waals surface area (Å²) < 4.78 is 3.91. The van der Waals surface area contributed by atoms with Crippen molar-refractivity contribution in [2.75, 3.05) is 13.6 Å². The number of para-hydroxylation sites is 2. The molecule has 2 aromatic rings. The summed E-state index contributed by atoms with van der Waals surface area (Å²) in [5.41, 5.74) is 2.32. The van der Waals surface area contributed by atoms with Gasteiger partial charge in [0.2, 0.25) is 0 Å². The molecule has 1 N–H and O–H groups in total. The molecule has 1 heterocycles. The maximum Gasteiger partial charge on any atom is 0.329 e. The first kappa shape index (κ1) is 16.8. The van der Waals surface area contributed by atoms with Crippen LogP contribution in [0, 0.1) is 0 Å². The highest BCUT2D eigenvalue weighted by Gasteiger charge is 2.11. The van der Waals surface area contributed by atoms with Crippen LogP contribution in [0.15, 0.2) is 29.1 Å². The molecule has 0 saturated carbocycles. The molecule has 2 rings (SSSR count). The average Bonchev–Trinajstić information content (AvgIpc) is 2.81. The molecule has 0 saturated heterocycles. The van der Waals surface area contributed by atoms with Crippen LogP contribution in [-0.2, 0) is 13.1 Å². The minimum atomic E-state index is 0.157. The minimum Gasteiger partial charge on any atom is -0.320 e. The van der Waals surface area contributed by atoms with E-state index in [2.05, 4.69) is 24.4 Å². The number of nitrogens with zero attached hydrogens (tertiary/aromatic N) is 2. The number of benzene rings is 1. The Hall–Kier alpha value is -1.55. The summed E-state index contributed by atoms with van der Waals surface area (Å²) in [7, 11) is 1.99. The van der Waals surface area contributed by atoms with Gasteiger partial charge in [-0.15, -0.1) is 0 Å². The van der Waals surface area contributed by atoms with E-state index in [1.807, 2.05) is 28.3 Å². The molecular formula is C18H29N3O. The number of fused-ring (bicyclic) bond motifs is 1. The first-order valence-corrected chi connectivity index (χ1v) is 8.62. The zero-order chi connectivity index (χ0) is 15.8. The molecule has 0 bridgehead atoms. The van der Waals surface area contributed by atoms with E-state index in [9.17, 15) is 4.79 Å². The van der Waals surface area contributed by atoms with Gasteiger partial charge in [0.1, 0.15) is 0 Å². The van der Waals surface area contributed by atoms with Crippen LogP contribution in [0.5, 0.6) is 0 Å². The fourth-order valence-corrected chi connectivity index (χ4v) is 2.95. The lowest BCUT2D eigenvalue weighted by Crippen LogP contribution is -2.24. The summed E-state index contributed by atoms with van der Waals surface area (Å²) >= 11 is 0. The lowest BCUT2D eigenvalue weighted by atomic mass is 10.2. The van der Waals surface area contributed by atoms with E-state index in [-0.39, 0.29) is 5.69 Å². The van der Waals surface area contributed by atoms with Gasteiger partial charge >= 0.3 is 5.69 Å². The number of aryl methyl sites for hydroxylation is 2. The highest BCUT2D eigenvalue weighted by atomic mass is 16.1. The molecule has 1 aromatic carbocycles. The molecule has 1 aromatic heterocycles. The smallest absolute Gasteiger partial charge is 0.320 e. The topological polar surface area (TPSA) is 39.0 Å². The zero-order valence-electron chi connectivity index (χ0n) is 14.0. The number of rotatable bonds is 10. The second kappa shape index (κ2) is 8.79. The van der Waals surface area contributed by atoms with Crippen molar-refractivity contribution in [2.45, 2.75) is 58.5 Å². The summed E-state index contributed by atoms with van der Waals surface area (Å²) in [6, 6.07) is 8.18. The summed E-state index contributed by atoms with van der Waals surface area (Å²) in [5, 5.41) is 3.17. The average molecular weight is 303 g/mol. The van der Waals surface area contributed by atoms with E-state index in [1.165, 1.54) is 19.3 Å². The Bertz CT molecular complexity index is 627. The molecule has 0 aliphatic heterocycles. The van der Waals surface area contributed by atoms with E-state index < -0.39 is 0 Å². The number of hydrogen-bond donors (Lipinski definition) is 1. The van der Waals surface area contributed by atoms with E-state index in [1.54, 1.807) is 0 Å². The molecule has 0 aliphatic rings.